The summed E-state index contributed by atoms with van der Waals surface area (Å²) in [6.45, 7) is 4.52. The van der Waals surface area contributed by atoms with Crippen LogP contribution >= 0.6 is 0 Å². The number of hydrogen-bond donors (Lipinski definition) is 1. The summed E-state index contributed by atoms with van der Waals surface area (Å²) in [5, 5.41) is 2.95. The topological polar surface area (TPSA) is 48.1 Å². The summed E-state index contributed by atoms with van der Waals surface area (Å²) in [4.78, 5) is 19.1. The van der Waals surface area contributed by atoms with Gasteiger partial charge in [0.15, 0.2) is 0 Å². The molecule has 0 aliphatic carbocycles. The quantitative estimate of drug-likeness (QED) is 0.833. The third-order valence-corrected chi connectivity index (χ3v) is 5.17. The van der Waals surface area contributed by atoms with Gasteiger partial charge in [0.1, 0.15) is 5.75 Å². The molecule has 1 saturated heterocycles. The molecular weight excluding hydrogens is 352 g/mol. The second kappa shape index (κ2) is 9.57. The van der Waals surface area contributed by atoms with E-state index in [1.165, 1.54) is 5.56 Å². The Balaban J connectivity index is 1.68. The van der Waals surface area contributed by atoms with E-state index in [1.807, 2.05) is 32.3 Å². The highest BCUT2D eigenvalue weighted by Crippen LogP contribution is 2.24. The third kappa shape index (κ3) is 5.47. The number of ether oxygens (including phenoxy) is 1. The fourth-order valence-electron chi connectivity index (χ4n) is 3.40. The third-order valence-electron chi connectivity index (χ3n) is 5.17. The van der Waals surface area contributed by atoms with E-state index in [1.54, 1.807) is 12.1 Å². The van der Waals surface area contributed by atoms with E-state index in [9.17, 15) is 4.79 Å². The van der Waals surface area contributed by atoms with Crippen molar-refractivity contribution in [2.24, 2.45) is 0 Å². The number of benzene rings is 2. The van der Waals surface area contributed by atoms with Crippen molar-refractivity contribution >= 4 is 11.8 Å². The van der Waals surface area contributed by atoms with Crippen molar-refractivity contribution in [1.29, 1.82) is 0 Å². The van der Waals surface area contributed by atoms with Gasteiger partial charge in [-0.2, -0.15) is 0 Å². The first-order valence-corrected chi connectivity index (χ1v) is 9.73. The van der Waals surface area contributed by atoms with Gasteiger partial charge in [-0.25, -0.2) is 4.79 Å². The van der Waals surface area contributed by atoms with Gasteiger partial charge in [-0.1, -0.05) is 30.3 Å². The number of piperazine rings is 1. The molecule has 2 aromatic carbocycles. The predicted octanol–water partition coefficient (Wildman–Crippen LogP) is 2.83. The number of nitrogens with zero attached hydrogens (tertiary/aromatic N) is 3. The van der Waals surface area contributed by atoms with Gasteiger partial charge in [0.2, 0.25) is 0 Å². The molecule has 28 heavy (non-hydrogen) atoms. The summed E-state index contributed by atoms with van der Waals surface area (Å²) in [7, 11) is 6.22. The van der Waals surface area contributed by atoms with Crippen LogP contribution in [0.3, 0.4) is 0 Å². The standard InChI is InChI=1S/C22H30N4O2/c1-24(2)19-11-9-18(10-12-19)21(26-15-13-25(3)14-16-26)17-23-22(27)28-20-7-5-4-6-8-20/h4-12,21H,13-17H2,1-3H3,(H,23,27). The van der Waals surface area contributed by atoms with E-state index < -0.39 is 6.09 Å². The summed E-state index contributed by atoms with van der Waals surface area (Å²) in [6.07, 6.45) is -0.421. The summed E-state index contributed by atoms with van der Waals surface area (Å²) < 4.78 is 5.37. The first kappa shape index (κ1) is 20.2. The molecule has 6 heteroatoms. The average Bonchev–Trinajstić information content (AvgIpc) is 2.70. The number of hydrogen-bond acceptors (Lipinski definition) is 5. The number of anilines is 1. The number of likely N-dealkylation sites (N-methyl/N-ethyl adjacent to an activating group) is 1. The van der Waals surface area contributed by atoms with Crippen molar-refractivity contribution in [3.8, 4) is 5.75 Å². The molecule has 2 aromatic rings. The molecule has 0 aromatic heterocycles. The van der Waals surface area contributed by atoms with Crippen molar-refractivity contribution in [2.75, 3.05) is 58.8 Å². The van der Waals surface area contributed by atoms with Crippen LogP contribution in [0.2, 0.25) is 0 Å². The van der Waals surface area contributed by atoms with Gasteiger partial charge in [0, 0.05) is 52.5 Å². The van der Waals surface area contributed by atoms with Gasteiger partial charge in [-0.05, 0) is 36.9 Å². The lowest BCUT2D eigenvalue weighted by Crippen LogP contribution is -2.48. The normalized spacial score (nSPS) is 16.4. The Hall–Kier alpha value is -2.57. The SMILES string of the molecule is CN1CCN(C(CNC(=O)Oc2ccccc2)c2ccc(N(C)C)cc2)CC1. The molecule has 6 nitrogen and oxygen atoms in total. The van der Waals surface area contributed by atoms with Crippen molar-refractivity contribution in [3.05, 3.63) is 60.2 Å². The zero-order valence-electron chi connectivity index (χ0n) is 17.0. The molecule has 1 N–H and O–H groups in total. The molecule has 1 heterocycles. The molecule has 1 atom stereocenters. The number of para-hydroxylation sites is 1. The molecule has 150 valence electrons. The number of carbonyl (C=O) groups is 1. The van der Waals surface area contributed by atoms with E-state index >= 15 is 0 Å². The predicted molar refractivity (Wildman–Crippen MR) is 113 cm³/mol. The molecule has 1 amide bonds. The highest BCUT2D eigenvalue weighted by molar-refractivity contribution is 5.70. The van der Waals surface area contributed by atoms with E-state index in [2.05, 4.69) is 51.3 Å². The van der Waals surface area contributed by atoms with Crippen LogP contribution in [0.25, 0.3) is 0 Å². The van der Waals surface area contributed by atoms with Crippen molar-refractivity contribution in [1.82, 2.24) is 15.1 Å². The van der Waals surface area contributed by atoms with Crippen LogP contribution in [0.5, 0.6) is 5.75 Å². The van der Waals surface area contributed by atoms with Gasteiger partial charge in [-0.3, -0.25) is 4.90 Å². The van der Waals surface area contributed by atoms with Crippen molar-refractivity contribution in [2.45, 2.75) is 6.04 Å². The van der Waals surface area contributed by atoms with Gasteiger partial charge in [0.25, 0.3) is 0 Å². The van der Waals surface area contributed by atoms with Crippen molar-refractivity contribution < 1.29 is 9.53 Å². The highest BCUT2D eigenvalue weighted by Gasteiger charge is 2.24. The summed E-state index contributed by atoms with van der Waals surface area (Å²) in [5.74, 6) is 0.548. The molecular formula is C22H30N4O2. The second-order valence-electron chi connectivity index (χ2n) is 7.42. The monoisotopic (exact) mass is 382 g/mol. The van der Waals surface area contributed by atoms with Crippen LogP contribution in [0, 0.1) is 0 Å². The molecule has 1 fully saturated rings. The first-order chi connectivity index (χ1) is 13.5. The van der Waals surface area contributed by atoms with Crippen LogP contribution in [-0.2, 0) is 0 Å². The Morgan fingerprint density at radius 3 is 2.29 bits per heavy atom. The molecule has 1 aliphatic heterocycles. The van der Waals surface area contributed by atoms with Crippen LogP contribution < -0.4 is 15.0 Å². The van der Waals surface area contributed by atoms with E-state index in [0.29, 0.717) is 12.3 Å². The Labute approximate surface area is 167 Å². The fourth-order valence-corrected chi connectivity index (χ4v) is 3.40. The smallest absolute Gasteiger partial charge is 0.410 e. The van der Waals surface area contributed by atoms with E-state index in [0.717, 1.165) is 31.9 Å². The van der Waals surface area contributed by atoms with Crippen LogP contribution in [0.15, 0.2) is 54.6 Å². The Bertz CT molecular complexity index is 741. The number of amides is 1. The molecule has 0 radical (unpaired) electrons. The maximum atomic E-state index is 12.3. The summed E-state index contributed by atoms with van der Waals surface area (Å²) >= 11 is 0. The minimum Gasteiger partial charge on any atom is -0.410 e. The average molecular weight is 383 g/mol. The lowest BCUT2D eigenvalue weighted by Gasteiger charge is -2.38. The minimum atomic E-state index is -0.421. The zero-order chi connectivity index (χ0) is 19.9. The molecule has 1 aliphatic rings. The van der Waals surface area contributed by atoms with E-state index in [-0.39, 0.29) is 6.04 Å². The highest BCUT2D eigenvalue weighted by atomic mass is 16.6. The maximum absolute atomic E-state index is 12.3. The van der Waals surface area contributed by atoms with Gasteiger partial charge < -0.3 is 19.9 Å². The fraction of sp³-hybridized carbons (Fsp3) is 0.409. The van der Waals surface area contributed by atoms with E-state index in [4.69, 9.17) is 4.74 Å². The zero-order valence-corrected chi connectivity index (χ0v) is 17.0. The second-order valence-corrected chi connectivity index (χ2v) is 7.42. The molecule has 1 unspecified atom stereocenters. The summed E-state index contributed by atoms with van der Waals surface area (Å²) in [5.41, 5.74) is 2.37. The van der Waals surface area contributed by atoms with Gasteiger partial charge in [0.05, 0.1) is 6.04 Å². The van der Waals surface area contributed by atoms with Gasteiger partial charge >= 0.3 is 6.09 Å². The van der Waals surface area contributed by atoms with Gasteiger partial charge in [-0.15, -0.1) is 0 Å². The largest absolute Gasteiger partial charge is 0.412 e. The maximum Gasteiger partial charge on any atom is 0.412 e. The molecule has 0 spiro atoms. The lowest BCUT2D eigenvalue weighted by atomic mass is 10.0. The molecule has 0 saturated carbocycles. The van der Waals surface area contributed by atoms with Crippen molar-refractivity contribution in [3.63, 3.8) is 0 Å². The molecule has 3 rings (SSSR count). The first-order valence-electron chi connectivity index (χ1n) is 9.73. The Morgan fingerprint density at radius 2 is 1.68 bits per heavy atom. The van der Waals surface area contributed by atoms with Crippen LogP contribution in [-0.4, -0.2) is 69.8 Å². The minimum absolute atomic E-state index is 0.119. The number of nitrogens with one attached hydrogen (secondary N) is 1. The van der Waals surface area contributed by atoms with Crippen LogP contribution in [0.4, 0.5) is 10.5 Å². The lowest BCUT2D eigenvalue weighted by molar-refractivity contribution is 0.109. The summed E-state index contributed by atoms with van der Waals surface area (Å²) in [6, 6.07) is 17.8. The number of carbonyl (C=O) groups excluding carboxylic acids is 1. The van der Waals surface area contributed by atoms with Crippen LogP contribution in [0.1, 0.15) is 11.6 Å². The Kier molecular flexibility index (Phi) is 6.90. The number of rotatable bonds is 6. The Morgan fingerprint density at radius 1 is 1.04 bits per heavy atom. The molecule has 0 bridgehead atoms.